The molecule has 0 aliphatic carbocycles. The van der Waals surface area contributed by atoms with Gasteiger partial charge in [0.1, 0.15) is 5.75 Å². The average Bonchev–Trinajstić information content (AvgIpc) is 2.39. The van der Waals surface area contributed by atoms with Gasteiger partial charge in [0.15, 0.2) is 0 Å². The monoisotopic (exact) mass is 288 g/mol. The van der Waals surface area contributed by atoms with Gasteiger partial charge < -0.3 is 4.74 Å². The fourth-order valence-corrected chi connectivity index (χ4v) is 1.95. The standard InChI is InChI=1S/C15H13BrO/c1-17-15-11-13(9-10-14(15)16)8-7-12-5-3-2-4-6-12/h2-11H,1H3/b8-7+. The van der Waals surface area contributed by atoms with Crippen LogP contribution in [0.3, 0.4) is 0 Å². The molecule has 0 saturated carbocycles. The lowest BCUT2D eigenvalue weighted by molar-refractivity contribution is 0.412. The molecule has 0 aromatic heterocycles. The van der Waals surface area contributed by atoms with Crippen LogP contribution in [0.4, 0.5) is 0 Å². The van der Waals surface area contributed by atoms with Crippen LogP contribution in [-0.2, 0) is 0 Å². The Kier molecular flexibility index (Phi) is 3.99. The summed E-state index contributed by atoms with van der Waals surface area (Å²) < 4.78 is 6.23. The van der Waals surface area contributed by atoms with Crippen molar-refractivity contribution >= 4 is 28.1 Å². The van der Waals surface area contributed by atoms with Gasteiger partial charge in [-0.25, -0.2) is 0 Å². The van der Waals surface area contributed by atoms with Gasteiger partial charge in [0.05, 0.1) is 11.6 Å². The molecule has 86 valence electrons. The van der Waals surface area contributed by atoms with E-state index in [0.717, 1.165) is 15.8 Å². The molecule has 0 fully saturated rings. The molecule has 0 unspecified atom stereocenters. The first kappa shape index (κ1) is 11.9. The number of benzene rings is 2. The summed E-state index contributed by atoms with van der Waals surface area (Å²) in [6.45, 7) is 0. The third-order valence-corrected chi connectivity index (χ3v) is 3.10. The molecule has 0 aliphatic heterocycles. The van der Waals surface area contributed by atoms with E-state index in [2.05, 4.69) is 40.2 Å². The van der Waals surface area contributed by atoms with E-state index < -0.39 is 0 Å². The Morgan fingerprint density at radius 2 is 1.65 bits per heavy atom. The minimum Gasteiger partial charge on any atom is -0.496 e. The van der Waals surface area contributed by atoms with Crippen molar-refractivity contribution in [3.05, 3.63) is 64.1 Å². The first-order valence-corrected chi connectivity index (χ1v) is 6.15. The van der Waals surface area contributed by atoms with E-state index in [1.807, 2.05) is 36.4 Å². The van der Waals surface area contributed by atoms with Crippen LogP contribution in [-0.4, -0.2) is 7.11 Å². The second-order valence-electron chi connectivity index (χ2n) is 3.64. The van der Waals surface area contributed by atoms with E-state index in [0.29, 0.717) is 0 Å². The Hall–Kier alpha value is -1.54. The zero-order valence-corrected chi connectivity index (χ0v) is 11.1. The van der Waals surface area contributed by atoms with Crippen molar-refractivity contribution in [2.75, 3.05) is 7.11 Å². The molecule has 0 spiro atoms. The highest BCUT2D eigenvalue weighted by molar-refractivity contribution is 9.10. The molecule has 2 aromatic carbocycles. The van der Waals surface area contributed by atoms with Gasteiger partial charge >= 0.3 is 0 Å². The van der Waals surface area contributed by atoms with E-state index in [9.17, 15) is 0 Å². The first-order chi connectivity index (χ1) is 8.29. The number of ether oxygens (including phenoxy) is 1. The smallest absolute Gasteiger partial charge is 0.133 e. The van der Waals surface area contributed by atoms with Gasteiger partial charge in [-0.05, 0) is 39.2 Å². The fraction of sp³-hybridized carbons (Fsp3) is 0.0667. The number of rotatable bonds is 3. The summed E-state index contributed by atoms with van der Waals surface area (Å²) in [5, 5.41) is 0. The molecule has 0 heterocycles. The summed E-state index contributed by atoms with van der Waals surface area (Å²) in [6, 6.07) is 16.3. The SMILES string of the molecule is COc1cc(/C=C/c2ccccc2)ccc1Br. The van der Waals surface area contributed by atoms with Gasteiger partial charge in [-0.3, -0.25) is 0 Å². The van der Waals surface area contributed by atoms with Crippen molar-refractivity contribution in [1.82, 2.24) is 0 Å². The number of hydrogen-bond acceptors (Lipinski definition) is 1. The minimum absolute atomic E-state index is 0.847. The second-order valence-corrected chi connectivity index (χ2v) is 4.49. The summed E-state index contributed by atoms with van der Waals surface area (Å²) in [4.78, 5) is 0. The second kappa shape index (κ2) is 5.69. The largest absolute Gasteiger partial charge is 0.496 e. The Labute approximate surface area is 110 Å². The lowest BCUT2D eigenvalue weighted by atomic mass is 10.1. The molecule has 2 heteroatoms. The quantitative estimate of drug-likeness (QED) is 0.749. The molecule has 0 aliphatic rings. The Balaban J connectivity index is 2.22. The summed E-state index contributed by atoms with van der Waals surface area (Å²) in [6.07, 6.45) is 4.16. The Bertz CT molecular complexity index is 518. The van der Waals surface area contributed by atoms with E-state index in [-0.39, 0.29) is 0 Å². The first-order valence-electron chi connectivity index (χ1n) is 5.36. The summed E-state index contributed by atoms with van der Waals surface area (Å²) in [5.74, 6) is 0.847. The van der Waals surface area contributed by atoms with Crippen LogP contribution in [0.15, 0.2) is 53.0 Å². The van der Waals surface area contributed by atoms with Crippen LogP contribution in [0.25, 0.3) is 12.2 Å². The van der Waals surface area contributed by atoms with Crippen molar-refractivity contribution in [3.8, 4) is 5.75 Å². The number of hydrogen-bond donors (Lipinski definition) is 0. The lowest BCUT2D eigenvalue weighted by Gasteiger charge is -2.03. The van der Waals surface area contributed by atoms with Crippen LogP contribution in [0.5, 0.6) is 5.75 Å². The molecule has 0 N–H and O–H groups in total. The average molecular weight is 289 g/mol. The molecule has 0 atom stereocenters. The molecule has 17 heavy (non-hydrogen) atoms. The Morgan fingerprint density at radius 1 is 0.941 bits per heavy atom. The number of halogens is 1. The molecule has 2 aromatic rings. The van der Waals surface area contributed by atoms with Crippen LogP contribution < -0.4 is 4.74 Å². The van der Waals surface area contributed by atoms with Gasteiger partial charge in [-0.2, -0.15) is 0 Å². The van der Waals surface area contributed by atoms with E-state index >= 15 is 0 Å². The predicted octanol–water partition coefficient (Wildman–Crippen LogP) is 4.63. The highest BCUT2D eigenvalue weighted by Gasteiger charge is 1.98. The van der Waals surface area contributed by atoms with Crippen LogP contribution >= 0.6 is 15.9 Å². The number of methoxy groups -OCH3 is 1. The maximum Gasteiger partial charge on any atom is 0.133 e. The van der Waals surface area contributed by atoms with Gasteiger partial charge in [-0.1, -0.05) is 48.6 Å². The normalized spacial score (nSPS) is 10.7. The van der Waals surface area contributed by atoms with Gasteiger partial charge in [0.2, 0.25) is 0 Å². The van der Waals surface area contributed by atoms with Crippen molar-refractivity contribution in [2.45, 2.75) is 0 Å². The maximum atomic E-state index is 5.26. The summed E-state index contributed by atoms with van der Waals surface area (Å²) in [5.41, 5.74) is 2.31. The van der Waals surface area contributed by atoms with E-state index in [4.69, 9.17) is 4.74 Å². The maximum absolute atomic E-state index is 5.26. The van der Waals surface area contributed by atoms with Gasteiger partial charge in [-0.15, -0.1) is 0 Å². The van der Waals surface area contributed by atoms with Crippen LogP contribution in [0.2, 0.25) is 0 Å². The molecule has 1 nitrogen and oxygen atoms in total. The van der Waals surface area contributed by atoms with Gasteiger partial charge in [0, 0.05) is 0 Å². The summed E-state index contributed by atoms with van der Waals surface area (Å²) >= 11 is 3.44. The summed E-state index contributed by atoms with van der Waals surface area (Å²) in [7, 11) is 1.67. The zero-order chi connectivity index (χ0) is 12.1. The fourth-order valence-electron chi connectivity index (χ4n) is 1.54. The molecule has 0 amide bonds. The van der Waals surface area contributed by atoms with Crippen LogP contribution in [0, 0.1) is 0 Å². The van der Waals surface area contributed by atoms with Crippen molar-refractivity contribution < 1.29 is 4.74 Å². The van der Waals surface area contributed by atoms with E-state index in [1.54, 1.807) is 7.11 Å². The zero-order valence-electron chi connectivity index (χ0n) is 9.56. The van der Waals surface area contributed by atoms with Gasteiger partial charge in [0.25, 0.3) is 0 Å². The highest BCUT2D eigenvalue weighted by atomic mass is 79.9. The van der Waals surface area contributed by atoms with Crippen molar-refractivity contribution in [2.24, 2.45) is 0 Å². The molecular formula is C15H13BrO. The molecule has 0 saturated heterocycles. The lowest BCUT2D eigenvalue weighted by Crippen LogP contribution is -1.84. The third kappa shape index (κ3) is 3.21. The molecule has 2 rings (SSSR count). The van der Waals surface area contributed by atoms with E-state index in [1.165, 1.54) is 5.56 Å². The predicted molar refractivity (Wildman–Crippen MR) is 76.1 cm³/mol. The highest BCUT2D eigenvalue weighted by Crippen LogP contribution is 2.26. The Morgan fingerprint density at radius 3 is 2.35 bits per heavy atom. The topological polar surface area (TPSA) is 9.23 Å². The molecular weight excluding hydrogens is 276 g/mol. The van der Waals surface area contributed by atoms with Crippen molar-refractivity contribution in [1.29, 1.82) is 0 Å². The van der Waals surface area contributed by atoms with Crippen LogP contribution in [0.1, 0.15) is 11.1 Å². The minimum atomic E-state index is 0.847. The van der Waals surface area contributed by atoms with Crippen molar-refractivity contribution in [3.63, 3.8) is 0 Å². The third-order valence-electron chi connectivity index (χ3n) is 2.44. The molecule has 0 bridgehead atoms. The molecule has 0 radical (unpaired) electrons.